The first-order chi connectivity index (χ1) is 7.43. The van der Waals surface area contributed by atoms with Crippen LogP contribution in [-0.4, -0.2) is 12.6 Å². The third-order valence-electron chi connectivity index (χ3n) is 3.13. The Morgan fingerprint density at radius 1 is 1.19 bits per heavy atom. The van der Waals surface area contributed by atoms with Crippen LogP contribution in [0.4, 0.5) is 0 Å². The quantitative estimate of drug-likeness (QED) is 0.800. The van der Waals surface area contributed by atoms with E-state index < -0.39 is 0 Å². The lowest BCUT2D eigenvalue weighted by atomic mass is 9.93. The fraction of sp³-hybridized carbons (Fsp3) is 0.571. The highest BCUT2D eigenvalue weighted by Crippen LogP contribution is 2.19. The monoisotopic (exact) mass is 220 g/mol. The highest BCUT2D eigenvalue weighted by molar-refractivity contribution is 5.22. The number of hydrogen-bond acceptors (Lipinski definition) is 2. The van der Waals surface area contributed by atoms with Crippen molar-refractivity contribution >= 4 is 0 Å². The summed E-state index contributed by atoms with van der Waals surface area (Å²) in [7, 11) is 0. The van der Waals surface area contributed by atoms with Gasteiger partial charge in [0.2, 0.25) is 0 Å². The van der Waals surface area contributed by atoms with Crippen molar-refractivity contribution in [3.63, 3.8) is 0 Å². The van der Waals surface area contributed by atoms with Gasteiger partial charge in [-0.3, -0.25) is 0 Å². The molecule has 0 bridgehead atoms. The van der Waals surface area contributed by atoms with Crippen molar-refractivity contribution in [2.24, 2.45) is 11.7 Å². The first-order valence-electron chi connectivity index (χ1n) is 5.99. The Bertz CT molecular complexity index is 304. The predicted octanol–water partition coefficient (Wildman–Crippen LogP) is 2.49. The standard InChI is InChI=1S/C14H24N2/c1-11(2)13(15)10-16-14(3,4)12-8-6-5-7-9-12/h5-9,11,13,16H,10,15H2,1-4H3. The highest BCUT2D eigenvalue weighted by atomic mass is 15.0. The molecule has 0 aliphatic rings. The molecule has 0 heterocycles. The SMILES string of the molecule is CC(C)C(N)CNC(C)(C)c1ccccc1. The maximum Gasteiger partial charge on any atom is 0.0378 e. The predicted molar refractivity (Wildman–Crippen MR) is 70.3 cm³/mol. The van der Waals surface area contributed by atoms with E-state index in [0.29, 0.717) is 5.92 Å². The maximum atomic E-state index is 6.04. The van der Waals surface area contributed by atoms with Gasteiger partial charge in [0.15, 0.2) is 0 Å². The lowest BCUT2D eigenvalue weighted by molar-refractivity contribution is 0.356. The van der Waals surface area contributed by atoms with Gasteiger partial charge in [0.1, 0.15) is 0 Å². The van der Waals surface area contributed by atoms with Gasteiger partial charge in [0.05, 0.1) is 0 Å². The van der Waals surface area contributed by atoms with E-state index in [4.69, 9.17) is 5.73 Å². The molecule has 1 rings (SSSR count). The average molecular weight is 220 g/mol. The summed E-state index contributed by atoms with van der Waals surface area (Å²) in [5, 5.41) is 3.53. The molecule has 16 heavy (non-hydrogen) atoms. The fourth-order valence-electron chi connectivity index (χ4n) is 1.57. The lowest BCUT2D eigenvalue weighted by Crippen LogP contribution is -2.45. The maximum absolute atomic E-state index is 6.04. The molecule has 0 saturated carbocycles. The number of benzene rings is 1. The molecule has 0 aliphatic carbocycles. The van der Waals surface area contributed by atoms with E-state index in [1.807, 2.05) is 6.07 Å². The molecular formula is C14H24N2. The van der Waals surface area contributed by atoms with Crippen LogP contribution in [0.2, 0.25) is 0 Å². The van der Waals surface area contributed by atoms with Gasteiger partial charge < -0.3 is 11.1 Å². The van der Waals surface area contributed by atoms with E-state index in [2.05, 4.69) is 57.3 Å². The van der Waals surface area contributed by atoms with Crippen LogP contribution in [0, 0.1) is 5.92 Å². The Balaban J connectivity index is 2.59. The first kappa shape index (κ1) is 13.2. The molecule has 2 nitrogen and oxygen atoms in total. The Kier molecular flexibility index (Phi) is 4.51. The molecule has 1 aromatic rings. The van der Waals surface area contributed by atoms with Crippen molar-refractivity contribution < 1.29 is 0 Å². The molecule has 3 N–H and O–H groups in total. The van der Waals surface area contributed by atoms with Crippen LogP contribution >= 0.6 is 0 Å². The Morgan fingerprint density at radius 3 is 2.25 bits per heavy atom. The van der Waals surface area contributed by atoms with Gasteiger partial charge in [-0.25, -0.2) is 0 Å². The molecule has 0 spiro atoms. The summed E-state index contributed by atoms with van der Waals surface area (Å²) in [6, 6.07) is 10.7. The second kappa shape index (κ2) is 5.46. The minimum absolute atomic E-state index is 0.0201. The molecule has 0 fully saturated rings. The van der Waals surface area contributed by atoms with Crippen molar-refractivity contribution in [2.45, 2.75) is 39.3 Å². The van der Waals surface area contributed by atoms with Crippen molar-refractivity contribution in [3.05, 3.63) is 35.9 Å². The number of nitrogens with two attached hydrogens (primary N) is 1. The third kappa shape index (κ3) is 3.62. The van der Waals surface area contributed by atoms with Crippen molar-refractivity contribution in [2.75, 3.05) is 6.54 Å². The van der Waals surface area contributed by atoms with Crippen molar-refractivity contribution in [1.29, 1.82) is 0 Å². The van der Waals surface area contributed by atoms with Gasteiger partial charge in [-0.15, -0.1) is 0 Å². The molecule has 0 saturated heterocycles. The van der Waals surface area contributed by atoms with Gasteiger partial charge in [0, 0.05) is 18.1 Å². The summed E-state index contributed by atoms with van der Waals surface area (Å²) in [5.41, 5.74) is 7.32. The van der Waals surface area contributed by atoms with Crippen LogP contribution in [0.5, 0.6) is 0 Å². The van der Waals surface area contributed by atoms with Crippen LogP contribution in [-0.2, 0) is 5.54 Å². The van der Waals surface area contributed by atoms with Crippen LogP contribution in [0.25, 0.3) is 0 Å². The van der Waals surface area contributed by atoms with E-state index in [0.717, 1.165) is 6.54 Å². The Hall–Kier alpha value is -0.860. The number of nitrogens with one attached hydrogen (secondary N) is 1. The number of hydrogen-bond donors (Lipinski definition) is 2. The fourth-order valence-corrected chi connectivity index (χ4v) is 1.57. The summed E-state index contributed by atoms with van der Waals surface area (Å²) in [4.78, 5) is 0. The number of rotatable bonds is 5. The van der Waals surface area contributed by atoms with E-state index in [-0.39, 0.29) is 11.6 Å². The summed E-state index contributed by atoms with van der Waals surface area (Å²) in [6.07, 6.45) is 0. The van der Waals surface area contributed by atoms with E-state index in [9.17, 15) is 0 Å². The normalized spacial score (nSPS) is 14.1. The molecular weight excluding hydrogens is 196 g/mol. The Morgan fingerprint density at radius 2 is 1.75 bits per heavy atom. The second-order valence-corrected chi connectivity index (χ2v) is 5.28. The Labute approximate surface area is 99.2 Å². The largest absolute Gasteiger partial charge is 0.326 e. The van der Waals surface area contributed by atoms with E-state index in [1.54, 1.807) is 0 Å². The van der Waals surface area contributed by atoms with Gasteiger partial charge in [-0.2, -0.15) is 0 Å². The van der Waals surface area contributed by atoms with Crippen LogP contribution in [0.1, 0.15) is 33.3 Å². The molecule has 90 valence electrons. The van der Waals surface area contributed by atoms with E-state index >= 15 is 0 Å². The second-order valence-electron chi connectivity index (χ2n) is 5.28. The molecule has 0 amide bonds. The zero-order valence-electron chi connectivity index (χ0n) is 10.8. The van der Waals surface area contributed by atoms with Crippen molar-refractivity contribution in [3.8, 4) is 0 Å². The average Bonchev–Trinajstić information content (AvgIpc) is 2.27. The van der Waals surface area contributed by atoms with Crippen LogP contribution in [0.3, 0.4) is 0 Å². The molecule has 1 aromatic carbocycles. The molecule has 1 atom stereocenters. The summed E-state index contributed by atoms with van der Waals surface area (Å²) in [5.74, 6) is 0.513. The molecule has 0 radical (unpaired) electrons. The molecule has 0 aromatic heterocycles. The van der Waals surface area contributed by atoms with Gasteiger partial charge >= 0.3 is 0 Å². The summed E-state index contributed by atoms with van der Waals surface area (Å²) in [6.45, 7) is 9.54. The minimum atomic E-state index is -0.0201. The first-order valence-corrected chi connectivity index (χ1v) is 5.99. The lowest BCUT2D eigenvalue weighted by Gasteiger charge is -2.29. The van der Waals surface area contributed by atoms with Gasteiger partial charge in [-0.05, 0) is 25.3 Å². The topological polar surface area (TPSA) is 38.0 Å². The summed E-state index contributed by atoms with van der Waals surface area (Å²) >= 11 is 0. The van der Waals surface area contributed by atoms with Crippen LogP contribution < -0.4 is 11.1 Å². The van der Waals surface area contributed by atoms with Gasteiger partial charge in [0.25, 0.3) is 0 Å². The highest BCUT2D eigenvalue weighted by Gasteiger charge is 2.20. The van der Waals surface area contributed by atoms with Crippen molar-refractivity contribution in [1.82, 2.24) is 5.32 Å². The van der Waals surface area contributed by atoms with Crippen LogP contribution in [0.15, 0.2) is 30.3 Å². The van der Waals surface area contributed by atoms with Gasteiger partial charge in [-0.1, -0.05) is 44.2 Å². The minimum Gasteiger partial charge on any atom is -0.326 e. The molecule has 1 unspecified atom stereocenters. The smallest absolute Gasteiger partial charge is 0.0378 e. The summed E-state index contributed by atoms with van der Waals surface area (Å²) < 4.78 is 0. The molecule has 2 heteroatoms. The van der Waals surface area contributed by atoms with E-state index in [1.165, 1.54) is 5.56 Å². The zero-order chi connectivity index (χ0) is 12.2. The molecule has 0 aliphatic heterocycles. The zero-order valence-corrected chi connectivity index (χ0v) is 10.8. The third-order valence-corrected chi connectivity index (χ3v) is 3.13.